The molecule has 0 bridgehead atoms. The number of aromatic nitrogens is 3. The average molecular weight is 388 g/mol. The quantitative estimate of drug-likeness (QED) is 0.366. The third-order valence-electron chi connectivity index (χ3n) is 5.04. The van der Waals surface area contributed by atoms with Gasteiger partial charge in [0.25, 0.3) is 5.69 Å². The fraction of sp³-hybridized carbons (Fsp3) is 0.182. The van der Waals surface area contributed by atoms with Crippen LogP contribution in [0.4, 0.5) is 5.69 Å². The Kier molecular flexibility index (Phi) is 4.72. The third-order valence-corrected chi connectivity index (χ3v) is 5.04. The molecule has 29 heavy (non-hydrogen) atoms. The monoisotopic (exact) mass is 388 g/mol. The van der Waals surface area contributed by atoms with Crippen LogP contribution in [-0.4, -0.2) is 26.8 Å². The minimum atomic E-state index is -0.376. The highest BCUT2D eigenvalue weighted by atomic mass is 16.6. The van der Waals surface area contributed by atoms with Crippen molar-refractivity contribution in [2.45, 2.75) is 20.4 Å². The molecule has 0 fully saturated rings. The van der Waals surface area contributed by atoms with Gasteiger partial charge in [0.15, 0.2) is 5.65 Å². The predicted octanol–water partition coefficient (Wildman–Crippen LogP) is 4.68. The van der Waals surface area contributed by atoms with Gasteiger partial charge in [-0.05, 0) is 59.9 Å². The Bertz CT molecular complexity index is 1210. The summed E-state index contributed by atoms with van der Waals surface area (Å²) in [6, 6.07) is 12.8. The molecule has 0 radical (unpaired) electrons. The predicted molar refractivity (Wildman–Crippen MR) is 111 cm³/mol. The van der Waals surface area contributed by atoms with Crippen LogP contribution in [0, 0.1) is 24.0 Å². The number of fused-ring (bicyclic) bond motifs is 1. The lowest BCUT2D eigenvalue weighted by Crippen LogP contribution is -2.03. The zero-order valence-electron chi connectivity index (χ0n) is 16.4. The number of nitro benzene ring substituents is 1. The summed E-state index contributed by atoms with van der Waals surface area (Å²) in [6.45, 7) is 4.46. The average Bonchev–Trinajstić information content (AvgIpc) is 3.11. The SMILES string of the molecule is COc1ccc(Cn2ncc3c(-c4ccc([N+](=O)[O-])cc4C)c(C)cnc32)cc1. The van der Waals surface area contributed by atoms with E-state index in [0.717, 1.165) is 44.6 Å². The molecule has 2 aromatic carbocycles. The lowest BCUT2D eigenvalue weighted by molar-refractivity contribution is -0.384. The van der Waals surface area contributed by atoms with Crippen LogP contribution in [-0.2, 0) is 6.54 Å². The Morgan fingerprint density at radius 2 is 1.83 bits per heavy atom. The molecule has 0 aliphatic carbocycles. The van der Waals surface area contributed by atoms with E-state index in [4.69, 9.17) is 4.74 Å². The molecule has 4 aromatic rings. The summed E-state index contributed by atoms with van der Waals surface area (Å²) < 4.78 is 7.07. The van der Waals surface area contributed by atoms with E-state index < -0.39 is 0 Å². The molecule has 0 aliphatic rings. The summed E-state index contributed by atoms with van der Waals surface area (Å²) in [6.07, 6.45) is 3.64. The molecule has 7 heteroatoms. The molecule has 0 amide bonds. The van der Waals surface area contributed by atoms with Gasteiger partial charge in [0.1, 0.15) is 5.75 Å². The van der Waals surface area contributed by atoms with Crippen molar-refractivity contribution in [3.63, 3.8) is 0 Å². The van der Waals surface area contributed by atoms with Gasteiger partial charge < -0.3 is 4.74 Å². The molecule has 7 nitrogen and oxygen atoms in total. The van der Waals surface area contributed by atoms with Crippen LogP contribution in [0.5, 0.6) is 5.75 Å². The number of nitrogens with zero attached hydrogens (tertiary/aromatic N) is 4. The van der Waals surface area contributed by atoms with Crippen molar-refractivity contribution >= 4 is 16.7 Å². The van der Waals surface area contributed by atoms with Crippen LogP contribution < -0.4 is 4.74 Å². The lowest BCUT2D eigenvalue weighted by atomic mass is 9.95. The molecular weight excluding hydrogens is 368 g/mol. The van der Waals surface area contributed by atoms with E-state index in [1.165, 1.54) is 6.07 Å². The number of non-ortho nitro benzene ring substituents is 1. The number of hydrogen-bond acceptors (Lipinski definition) is 5. The van der Waals surface area contributed by atoms with E-state index in [9.17, 15) is 10.1 Å². The number of nitro groups is 1. The smallest absolute Gasteiger partial charge is 0.269 e. The number of hydrogen-bond donors (Lipinski definition) is 0. The van der Waals surface area contributed by atoms with Crippen molar-refractivity contribution in [2.75, 3.05) is 7.11 Å². The number of ether oxygens (including phenoxy) is 1. The fourth-order valence-corrected chi connectivity index (χ4v) is 3.55. The molecule has 2 heterocycles. The van der Waals surface area contributed by atoms with E-state index in [0.29, 0.717) is 6.54 Å². The molecular formula is C22H20N4O3. The van der Waals surface area contributed by atoms with Crippen LogP contribution in [0.1, 0.15) is 16.7 Å². The van der Waals surface area contributed by atoms with E-state index >= 15 is 0 Å². The van der Waals surface area contributed by atoms with E-state index in [1.807, 2.05) is 55.2 Å². The highest BCUT2D eigenvalue weighted by Gasteiger charge is 2.16. The van der Waals surface area contributed by atoms with Gasteiger partial charge in [0.05, 0.1) is 24.8 Å². The van der Waals surface area contributed by atoms with Crippen LogP contribution in [0.25, 0.3) is 22.2 Å². The molecule has 0 saturated carbocycles. The number of rotatable bonds is 5. The summed E-state index contributed by atoms with van der Waals surface area (Å²) in [4.78, 5) is 15.3. The molecule has 4 rings (SSSR count). The number of aryl methyl sites for hydroxylation is 2. The zero-order valence-corrected chi connectivity index (χ0v) is 16.4. The first kappa shape index (κ1) is 18.6. The van der Waals surface area contributed by atoms with Crippen molar-refractivity contribution in [3.8, 4) is 16.9 Å². The molecule has 0 atom stereocenters. The normalized spacial score (nSPS) is 11.0. The molecule has 0 N–H and O–H groups in total. The zero-order chi connectivity index (χ0) is 20.5. The Balaban J connectivity index is 1.78. The minimum Gasteiger partial charge on any atom is -0.497 e. The molecule has 0 spiro atoms. The second kappa shape index (κ2) is 7.35. The van der Waals surface area contributed by atoms with Crippen molar-refractivity contribution < 1.29 is 9.66 Å². The maximum absolute atomic E-state index is 11.1. The lowest BCUT2D eigenvalue weighted by Gasteiger charge is -2.11. The van der Waals surface area contributed by atoms with Gasteiger partial charge in [-0.3, -0.25) is 10.1 Å². The molecule has 2 aromatic heterocycles. The topological polar surface area (TPSA) is 83.1 Å². The van der Waals surface area contributed by atoms with Crippen LogP contribution >= 0.6 is 0 Å². The molecule has 0 aliphatic heterocycles. The molecule has 146 valence electrons. The Morgan fingerprint density at radius 3 is 2.48 bits per heavy atom. The van der Waals surface area contributed by atoms with Gasteiger partial charge in [-0.1, -0.05) is 12.1 Å². The summed E-state index contributed by atoms with van der Waals surface area (Å²) in [5.41, 5.74) is 5.75. The largest absolute Gasteiger partial charge is 0.497 e. The maximum Gasteiger partial charge on any atom is 0.269 e. The van der Waals surface area contributed by atoms with Crippen LogP contribution in [0.15, 0.2) is 54.9 Å². The Hall–Kier alpha value is -3.74. The number of pyridine rings is 1. The van der Waals surface area contributed by atoms with Gasteiger partial charge in [-0.15, -0.1) is 0 Å². The van der Waals surface area contributed by atoms with Gasteiger partial charge >= 0.3 is 0 Å². The Labute approximate surface area is 167 Å². The first-order valence-electron chi connectivity index (χ1n) is 9.17. The summed E-state index contributed by atoms with van der Waals surface area (Å²) in [5.74, 6) is 0.809. The first-order chi connectivity index (χ1) is 14.0. The van der Waals surface area contributed by atoms with Crippen molar-refractivity contribution in [2.24, 2.45) is 0 Å². The van der Waals surface area contributed by atoms with Gasteiger partial charge in [-0.2, -0.15) is 5.10 Å². The number of methoxy groups -OCH3 is 1. The standard InChI is InChI=1S/C22H20N4O3/c1-14-10-17(26(27)28)6-9-19(14)21-15(2)11-23-22-20(21)12-24-25(22)13-16-4-7-18(29-3)8-5-16/h4-12H,13H2,1-3H3. The van der Waals surface area contributed by atoms with Gasteiger partial charge in [0.2, 0.25) is 0 Å². The summed E-state index contributed by atoms with van der Waals surface area (Å²) in [7, 11) is 1.64. The van der Waals surface area contributed by atoms with E-state index in [1.54, 1.807) is 19.2 Å². The summed E-state index contributed by atoms with van der Waals surface area (Å²) >= 11 is 0. The Morgan fingerprint density at radius 1 is 1.07 bits per heavy atom. The highest BCUT2D eigenvalue weighted by molar-refractivity contribution is 5.95. The van der Waals surface area contributed by atoms with Crippen molar-refractivity contribution in [3.05, 3.63) is 81.7 Å². The van der Waals surface area contributed by atoms with Crippen LogP contribution in [0.2, 0.25) is 0 Å². The van der Waals surface area contributed by atoms with Crippen molar-refractivity contribution in [1.29, 1.82) is 0 Å². The highest BCUT2D eigenvalue weighted by Crippen LogP contribution is 2.34. The minimum absolute atomic E-state index is 0.0874. The van der Waals surface area contributed by atoms with Crippen molar-refractivity contribution in [1.82, 2.24) is 14.8 Å². The second-order valence-electron chi connectivity index (χ2n) is 6.96. The van der Waals surface area contributed by atoms with E-state index in [-0.39, 0.29) is 10.6 Å². The van der Waals surface area contributed by atoms with E-state index in [2.05, 4.69) is 10.1 Å². The second-order valence-corrected chi connectivity index (χ2v) is 6.96. The van der Waals surface area contributed by atoms with Gasteiger partial charge in [0, 0.05) is 23.7 Å². The third kappa shape index (κ3) is 3.42. The maximum atomic E-state index is 11.1. The number of benzene rings is 2. The molecule has 0 saturated heterocycles. The fourth-order valence-electron chi connectivity index (χ4n) is 3.55. The van der Waals surface area contributed by atoms with Crippen LogP contribution in [0.3, 0.4) is 0 Å². The first-order valence-corrected chi connectivity index (χ1v) is 9.17. The van der Waals surface area contributed by atoms with Gasteiger partial charge in [-0.25, -0.2) is 9.67 Å². The molecule has 0 unspecified atom stereocenters. The summed E-state index contributed by atoms with van der Waals surface area (Å²) in [5, 5.41) is 16.5.